The average molecular weight is 270 g/mol. The zero-order valence-electron chi connectivity index (χ0n) is 9.98. The highest BCUT2D eigenvalue weighted by atomic mass is 32.1. The Morgan fingerprint density at radius 1 is 1.47 bits per heavy atom. The Hall–Kier alpha value is -1.05. The van der Waals surface area contributed by atoms with Gasteiger partial charge in [0.05, 0.1) is 28.7 Å². The van der Waals surface area contributed by atoms with Crippen molar-refractivity contribution >= 4 is 23.6 Å². The highest BCUT2D eigenvalue weighted by molar-refractivity contribution is 7.71. The molecular weight excluding hydrogens is 256 g/mol. The molecule has 2 aromatic rings. The number of methoxy groups -OCH3 is 1. The third-order valence-electron chi connectivity index (χ3n) is 2.38. The van der Waals surface area contributed by atoms with Gasteiger partial charge in [0.15, 0.2) is 10.6 Å². The molecule has 7 heteroatoms. The van der Waals surface area contributed by atoms with Crippen molar-refractivity contribution in [1.82, 2.24) is 19.7 Å². The minimum Gasteiger partial charge on any atom is -0.383 e. The summed E-state index contributed by atoms with van der Waals surface area (Å²) in [6.07, 6.45) is 0. The van der Waals surface area contributed by atoms with Crippen LogP contribution in [0.4, 0.5) is 0 Å². The molecule has 0 aliphatic heterocycles. The summed E-state index contributed by atoms with van der Waals surface area (Å²) in [6.45, 7) is 5.27. The summed E-state index contributed by atoms with van der Waals surface area (Å²) in [4.78, 5) is 5.47. The van der Waals surface area contributed by atoms with E-state index in [2.05, 4.69) is 15.2 Å². The summed E-state index contributed by atoms with van der Waals surface area (Å²) in [5, 5.41) is 8.13. The first kappa shape index (κ1) is 12.4. The molecule has 2 heterocycles. The highest BCUT2D eigenvalue weighted by Gasteiger charge is 2.14. The lowest BCUT2D eigenvalue weighted by atomic mass is 10.4. The summed E-state index contributed by atoms with van der Waals surface area (Å²) in [5.41, 5.74) is 0.986. The molecule has 0 saturated carbocycles. The molecule has 0 radical (unpaired) electrons. The quantitative estimate of drug-likeness (QED) is 0.866. The monoisotopic (exact) mass is 270 g/mol. The number of aryl methyl sites for hydroxylation is 2. The Labute approximate surface area is 108 Å². The normalized spacial score (nSPS) is 11.0. The van der Waals surface area contributed by atoms with E-state index in [4.69, 9.17) is 17.0 Å². The molecule has 0 amide bonds. The lowest BCUT2D eigenvalue weighted by Gasteiger charge is -2.04. The number of thiazole rings is 1. The number of H-pyrrole nitrogens is 1. The predicted molar refractivity (Wildman–Crippen MR) is 69.9 cm³/mol. The van der Waals surface area contributed by atoms with Crippen molar-refractivity contribution in [3.05, 3.63) is 15.5 Å². The van der Waals surface area contributed by atoms with E-state index >= 15 is 0 Å². The molecule has 0 atom stereocenters. The van der Waals surface area contributed by atoms with Gasteiger partial charge in [0.25, 0.3) is 0 Å². The van der Waals surface area contributed by atoms with Crippen LogP contribution < -0.4 is 0 Å². The van der Waals surface area contributed by atoms with Gasteiger partial charge in [-0.25, -0.2) is 4.98 Å². The maximum atomic E-state index is 5.21. The summed E-state index contributed by atoms with van der Waals surface area (Å²) in [6, 6.07) is 0. The SMILES string of the molecule is COCCn1c(-c2sc(C)nc2C)n[nH]c1=S. The van der Waals surface area contributed by atoms with E-state index in [9.17, 15) is 0 Å². The Morgan fingerprint density at radius 2 is 2.24 bits per heavy atom. The molecular formula is C10H14N4OS2. The Bertz CT molecular complexity index is 569. The highest BCUT2D eigenvalue weighted by Crippen LogP contribution is 2.28. The third-order valence-corrected chi connectivity index (χ3v) is 3.76. The van der Waals surface area contributed by atoms with Gasteiger partial charge in [-0.3, -0.25) is 9.67 Å². The van der Waals surface area contributed by atoms with Crippen LogP contribution in [-0.2, 0) is 11.3 Å². The molecule has 2 aromatic heterocycles. The number of aromatic nitrogens is 4. The second-order valence-corrected chi connectivity index (χ2v) is 5.23. The molecule has 0 unspecified atom stereocenters. The standard InChI is InChI=1S/C10H14N4OS2/c1-6-8(17-7(2)11-6)9-12-13-10(16)14(9)4-5-15-3/h4-5H2,1-3H3,(H,13,16). The first-order chi connectivity index (χ1) is 8.13. The van der Waals surface area contributed by atoms with Gasteiger partial charge in [-0.1, -0.05) is 0 Å². The van der Waals surface area contributed by atoms with Gasteiger partial charge in [-0.05, 0) is 26.1 Å². The van der Waals surface area contributed by atoms with E-state index < -0.39 is 0 Å². The van der Waals surface area contributed by atoms with Gasteiger partial charge < -0.3 is 4.74 Å². The molecule has 0 saturated heterocycles. The maximum absolute atomic E-state index is 5.21. The van der Waals surface area contributed by atoms with Crippen LogP contribution in [0.25, 0.3) is 10.7 Å². The average Bonchev–Trinajstić information content (AvgIpc) is 2.79. The van der Waals surface area contributed by atoms with Gasteiger partial charge in [0.1, 0.15) is 0 Å². The van der Waals surface area contributed by atoms with Crippen molar-refractivity contribution in [1.29, 1.82) is 0 Å². The zero-order valence-corrected chi connectivity index (χ0v) is 11.6. The lowest BCUT2D eigenvalue weighted by molar-refractivity contribution is 0.187. The molecule has 17 heavy (non-hydrogen) atoms. The number of nitrogens with zero attached hydrogens (tertiary/aromatic N) is 3. The van der Waals surface area contributed by atoms with E-state index in [1.54, 1.807) is 18.4 Å². The van der Waals surface area contributed by atoms with Crippen LogP contribution in [0.5, 0.6) is 0 Å². The Kier molecular flexibility index (Phi) is 3.70. The molecule has 0 bridgehead atoms. The van der Waals surface area contributed by atoms with Crippen LogP contribution >= 0.6 is 23.6 Å². The van der Waals surface area contributed by atoms with Gasteiger partial charge in [0.2, 0.25) is 0 Å². The van der Waals surface area contributed by atoms with Crippen molar-refractivity contribution in [2.24, 2.45) is 0 Å². The van der Waals surface area contributed by atoms with Crippen molar-refractivity contribution in [2.75, 3.05) is 13.7 Å². The molecule has 92 valence electrons. The number of ether oxygens (including phenoxy) is 1. The largest absolute Gasteiger partial charge is 0.383 e. The summed E-state index contributed by atoms with van der Waals surface area (Å²) >= 11 is 6.84. The van der Waals surface area contributed by atoms with Gasteiger partial charge >= 0.3 is 0 Å². The van der Waals surface area contributed by atoms with Gasteiger partial charge in [-0.2, -0.15) is 5.10 Å². The first-order valence-corrected chi connectivity index (χ1v) is 6.44. The number of hydrogen-bond donors (Lipinski definition) is 1. The van der Waals surface area contributed by atoms with Gasteiger partial charge in [0, 0.05) is 7.11 Å². The second kappa shape index (κ2) is 5.07. The second-order valence-electron chi connectivity index (χ2n) is 3.64. The minimum atomic E-state index is 0.609. The number of rotatable bonds is 4. The smallest absolute Gasteiger partial charge is 0.195 e. The van der Waals surface area contributed by atoms with Crippen molar-refractivity contribution < 1.29 is 4.74 Å². The van der Waals surface area contributed by atoms with E-state index in [0.717, 1.165) is 21.4 Å². The Morgan fingerprint density at radius 3 is 2.82 bits per heavy atom. The van der Waals surface area contributed by atoms with Crippen LogP contribution in [0, 0.1) is 18.6 Å². The van der Waals surface area contributed by atoms with Crippen LogP contribution in [0.1, 0.15) is 10.7 Å². The molecule has 0 fully saturated rings. The summed E-state index contributed by atoms with van der Waals surface area (Å²) in [7, 11) is 1.67. The number of nitrogens with one attached hydrogen (secondary N) is 1. The summed E-state index contributed by atoms with van der Waals surface area (Å²) < 4.78 is 7.63. The van der Waals surface area contributed by atoms with E-state index in [0.29, 0.717) is 17.9 Å². The fourth-order valence-corrected chi connectivity index (χ4v) is 2.76. The van der Waals surface area contributed by atoms with E-state index in [1.807, 2.05) is 18.4 Å². The maximum Gasteiger partial charge on any atom is 0.195 e. The van der Waals surface area contributed by atoms with Crippen LogP contribution in [0.3, 0.4) is 0 Å². The van der Waals surface area contributed by atoms with Crippen LogP contribution in [0.2, 0.25) is 0 Å². The fourth-order valence-electron chi connectivity index (χ4n) is 1.62. The lowest BCUT2D eigenvalue weighted by Crippen LogP contribution is -2.06. The van der Waals surface area contributed by atoms with E-state index in [-0.39, 0.29) is 0 Å². The number of aromatic amines is 1. The summed E-state index contributed by atoms with van der Waals surface area (Å²) in [5.74, 6) is 0.843. The molecule has 1 N–H and O–H groups in total. The molecule has 2 rings (SSSR count). The van der Waals surface area contributed by atoms with Crippen LogP contribution in [-0.4, -0.2) is 33.5 Å². The fraction of sp³-hybridized carbons (Fsp3) is 0.500. The predicted octanol–water partition coefficient (Wildman–Crippen LogP) is 2.33. The van der Waals surface area contributed by atoms with E-state index in [1.165, 1.54) is 0 Å². The van der Waals surface area contributed by atoms with Crippen LogP contribution in [0.15, 0.2) is 0 Å². The van der Waals surface area contributed by atoms with Crippen molar-refractivity contribution in [2.45, 2.75) is 20.4 Å². The molecule has 0 aliphatic rings. The number of hydrogen-bond acceptors (Lipinski definition) is 5. The molecule has 0 aliphatic carbocycles. The topological polar surface area (TPSA) is 55.7 Å². The van der Waals surface area contributed by atoms with Crippen molar-refractivity contribution in [3.63, 3.8) is 0 Å². The molecule has 5 nitrogen and oxygen atoms in total. The van der Waals surface area contributed by atoms with Gasteiger partial charge in [-0.15, -0.1) is 11.3 Å². The molecule has 0 aromatic carbocycles. The molecule has 0 spiro atoms. The Balaban J connectivity index is 2.45. The van der Waals surface area contributed by atoms with Crippen molar-refractivity contribution in [3.8, 4) is 10.7 Å². The first-order valence-electron chi connectivity index (χ1n) is 5.22. The third kappa shape index (κ3) is 2.46. The zero-order chi connectivity index (χ0) is 12.4. The minimum absolute atomic E-state index is 0.609.